The number of aromatic nitrogens is 3. The lowest BCUT2D eigenvalue weighted by atomic mass is 9.77. The van der Waals surface area contributed by atoms with Gasteiger partial charge >= 0.3 is 0 Å². The Morgan fingerprint density at radius 1 is 1.15 bits per heavy atom. The van der Waals surface area contributed by atoms with Crippen molar-refractivity contribution in [2.75, 3.05) is 47.8 Å². The fourth-order valence-electron chi connectivity index (χ4n) is 6.68. The number of aliphatic hydroxyl groups is 1. The fourth-order valence-corrected chi connectivity index (χ4v) is 6.68. The number of anilines is 4. The molecule has 4 aliphatic rings. The Morgan fingerprint density at radius 2 is 1.97 bits per heavy atom. The van der Waals surface area contributed by atoms with Crippen LogP contribution in [0.2, 0.25) is 0 Å². The molecule has 2 aromatic rings. The molecule has 6 rings (SSSR count). The first kappa shape index (κ1) is 26.0. The maximum absolute atomic E-state index is 12.8. The van der Waals surface area contributed by atoms with Crippen molar-refractivity contribution in [3.05, 3.63) is 36.2 Å². The Bertz CT molecular complexity index is 1230. The number of carbonyl (C=O) groups excluding carboxylic acids is 1. The summed E-state index contributed by atoms with van der Waals surface area (Å²) < 4.78 is 0. The van der Waals surface area contributed by atoms with Crippen LogP contribution in [0.25, 0.3) is 6.08 Å². The molecular weight excluding hydrogens is 492 g/mol. The van der Waals surface area contributed by atoms with Crippen LogP contribution in [0.15, 0.2) is 30.6 Å². The Labute approximate surface area is 230 Å². The van der Waals surface area contributed by atoms with Gasteiger partial charge in [0.1, 0.15) is 17.7 Å². The highest BCUT2D eigenvalue weighted by molar-refractivity contribution is 5.93. The molecule has 2 atom stereocenters. The van der Waals surface area contributed by atoms with Crippen molar-refractivity contribution in [1.29, 1.82) is 0 Å². The topological polar surface area (TPSA) is 110 Å². The average molecular weight is 533 g/mol. The van der Waals surface area contributed by atoms with E-state index in [1.807, 2.05) is 44.5 Å². The first-order valence-corrected chi connectivity index (χ1v) is 14.3. The molecule has 39 heavy (non-hydrogen) atoms. The molecule has 10 heteroatoms. The molecule has 2 saturated heterocycles. The highest BCUT2D eigenvalue weighted by atomic mass is 16.3. The first-order valence-electron chi connectivity index (χ1n) is 14.3. The highest BCUT2D eigenvalue weighted by Crippen LogP contribution is 2.43. The lowest BCUT2D eigenvalue weighted by molar-refractivity contribution is -0.123. The predicted octanol–water partition coefficient (Wildman–Crippen LogP) is 2.93. The molecule has 1 amide bonds. The van der Waals surface area contributed by atoms with Crippen LogP contribution < -0.4 is 20.4 Å². The van der Waals surface area contributed by atoms with Crippen molar-refractivity contribution >= 4 is 35.3 Å². The molecule has 5 heterocycles. The number of hydrogen-bond donors (Lipinski definition) is 3. The molecule has 0 radical (unpaired) electrons. The number of pyridine rings is 1. The SMILES string of the molecule is CC1CN(c2ccc(Nc3ncc4c(n3)N3C(C=C4)C(=O)NCC34CCCCC4)nc2)CCN1CC(C)(C)O. The zero-order valence-electron chi connectivity index (χ0n) is 23.2. The first-order chi connectivity index (χ1) is 18.7. The van der Waals surface area contributed by atoms with E-state index in [1.54, 1.807) is 0 Å². The van der Waals surface area contributed by atoms with Gasteiger partial charge in [-0.05, 0) is 45.7 Å². The van der Waals surface area contributed by atoms with E-state index in [4.69, 9.17) is 4.98 Å². The van der Waals surface area contributed by atoms with Gasteiger partial charge in [-0.1, -0.05) is 31.4 Å². The number of rotatable bonds is 5. The summed E-state index contributed by atoms with van der Waals surface area (Å²) in [5.74, 6) is 2.02. The third-order valence-corrected chi connectivity index (χ3v) is 8.62. The highest BCUT2D eigenvalue weighted by Gasteiger charge is 2.49. The van der Waals surface area contributed by atoms with Crippen LogP contribution in [-0.4, -0.2) is 86.8 Å². The van der Waals surface area contributed by atoms with Crippen molar-refractivity contribution in [3.63, 3.8) is 0 Å². The fraction of sp³-hybridized carbons (Fsp3) is 0.586. The molecule has 1 spiro atoms. The van der Waals surface area contributed by atoms with Crippen LogP contribution in [0.5, 0.6) is 0 Å². The Balaban J connectivity index is 1.17. The smallest absolute Gasteiger partial charge is 0.246 e. The van der Waals surface area contributed by atoms with Crippen LogP contribution in [0, 0.1) is 0 Å². The number of nitrogens with zero attached hydrogens (tertiary/aromatic N) is 6. The van der Waals surface area contributed by atoms with Crippen LogP contribution in [0.3, 0.4) is 0 Å². The van der Waals surface area contributed by atoms with Gasteiger partial charge in [-0.2, -0.15) is 4.98 Å². The quantitative estimate of drug-likeness (QED) is 0.535. The lowest BCUT2D eigenvalue weighted by Crippen LogP contribution is -2.69. The Morgan fingerprint density at radius 3 is 2.69 bits per heavy atom. The summed E-state index contributed by atoms with van der Waals surface area (Å²) in [6.07, 6.45) is 13.4. The minimum absolute atomic E-state index is 0.0358. The molecule has 2 aromatic heterocycles. The number of carbonyl (C=O) groups is 1. The molecule has 3 aliphatic heterocycles. The third kappa shape index (κ3) is 5.19. The van der Waals surface area contributed by atoms with Crippen molar-refractivity contribution in [2.24, 2.45) is 0 Å². The summed E-state index contributed by atoms with van der Waals surface area (Å²) in [5.41, 5.74) is 1.22. The van der Waals surface area contributed by atoms with E-state index >= 15 is 0 Å². The molecule has 0 bridgehead atoms. The summed E-state index contributed by atoms with van der Waals surface area (Å²) >= 11 is 0. The second-order valence-corrected chi connectivity index (χ2v) is 12.3. The normalized spacial score (nSPS) is 24.8. The van der Waals surface area contributed by atoms with Crippen molar-refractivity contribution < 1.29 is 9.90 Å². The number of nitrogens with one attached hydrogen (secondary N) is 2. The molecule has 10 nitrogen and oxygen atoms in total. The monoisotopic (exact) mass is 532 g/mol. The molecular formula is C29H40N8O2. The van der Waals surface area contributed by atoms with Gasteiger partial charge in [0.25, 0.3) is 0 Å². The number of piperazine rings is 2. The van der Waals surface area contributed by atoms with Gasteiger partial charge in [0.2, 0.25) is 11.9 Å². The molecule has 1 aliphatic carbocycles. The van der Waals surface area contributed by atoms with E-state index in [0.717, 1.165) is 62.4 Å². The average Bonchev–Trinajstić information content (AvgIpc) is 2.92. The van der Waals surface area contributed by atoms with Gasteiger partial charge in [0.15, 0.2) is 0 Å². The largest absolute Gasteiger partial charge is 0.389 e. The Kier molecular flexibility index (Phi) is 6.71. The lowest BCUT2D eigenvalue weighted by Gasteiger charge is -2.54. The van der Waals surface area contributed by atoms with E-state index in [2.05, 4.69) is 48.3 Å². The number of amides is 1. The predicted molar refractivity (Wildman–Crippen MR) is 153 cm³/mol. The van der Waals surface area contributed by atoms with Crippen LogP contribution in [-0.2, 0) is 4.79 Å². The zero-order valence-corrected chi connectivity index (χ0v) is 23.2. The van der Waals surface area contributed by atoms with Crippen molar-refractivity contribution in [2.45, 2.75) is 76.1 Å². The molecule has 0 aromatic carbocycles. The standard InChI is InChI=1S/C29H40N8O2/c1-20-17-35(13-14-36(20)19-28(2,3)39)22-8-10-24(30-16-22)33-27-31-15-21-7-9-23-26(38)32-18-29(11-5-4-6-12-29)37(23)25(21)34-27/h7-10,15-16,20,23,39H,4-6,11-14,17-19H2,1-3H3,(H,32,38)(H,30,31,33,34). The van der Waals surface area contributed by atoms with Gasteiger partial charge in [-0.15, -0.1) is 0 Å². The van der Waals surface area contributed by atoms with Crippen LogP contribution in [0.1, 0.15) is 58.4 Å². The van der Waals surface area contributed by atoms with E-state index in [0.29, 0.717) is 30.9 Å². The number of β-amino-alcohol motifs (C(OH)–C–C–N with tert-alkyl or cyclic N) is 1. The summed E-state index contributed by atoms with van der Waals surface area (Å²) in [4.78, 5) is 33.9. The van der Waals surface area contributed by atoms with E-state index < -0.39 is 5.60 Å². The summed E-state index contributed by atoms with van der Waals surface area (Å²) in [6.45, 7) is 9.94. The third-order valence-electron chi connectivity index (χ3n) is 8.62. The summed E-state index contributed by atoms with van der Waals surface area (Å²) in [6, 6.07) is 4.05. The van der Waals surface area contributed by atoms with Gasteiger partial charge < -0.3 is 25.5 Å². The van der Waals surface area contributed by atoms with Gasteiger partial charge in [-0.25, -0.2) is 9.97 Å². The minimum Gasteiger partial charge on any atom is -0.389 e. The summed E-state index contributed by atoms with van der Waals surface area (Å²) in [5, 5.41) is 16.7. The van der Waals surface area contributed by atoms with Gasteiger partial charge in [0.05, 0.1) is 23.0 Å². The van der Waals surface area contributed by atoms with Gasteiger partial charge in [0, 0.05) is 50.5 Å². The maximum Gasteiger partial charge on any atom is 0.246 e. The minimum atomic E-state index is -0.696. The second-order valence-electron chi connectivity index (χ2n) is 12.3. The maximum atomic E-state index is 12.8. The molecule has 3 N–H and O–H groups in total. The Hall–Kier alpha value is -3.24. The van der Waals surface area contributed by atoms with Crippen LogP contribution in [0.4, 0.5) is 23.3 Å². The van der Waals surface area contributed by atoms with Crippen molar-refractivity contribution in [3.8, 4) is 0 Å². The van der Waals surface area contributed by atoms with E-state index in [9.17, 15) is 9.90 Å². The molecule has 208 valence electrons. The second kappa shape index (κ2) is 10.1. The van der Waals surface area contributed by atoms with Crippen molar-refractivity contribution in [1.82, 2.24) is 25.2 Å². The van der Waals surface area contributed by atoms with Gasteiger partial charge in [-0.3, -0.25) is 9.69 Å². The molecule has 2 unspecified atom stereocenters. The molecule has 3 fully saturated rings. The van der Waals surface area contributed by atoms with E-state index in [1.165, 1.54) is 6.42 Å². The number of fused-ring (bicyclic) bond motifs is 4. The molecule has 1 saturated carbocycles. The number of hydrogen-bond acceptors (Lipinski definition) is 9. The van der Waals surface area contributed by atoms with Crippen LogP contribution >= 0.6 is 0 Å². The summed E-state index contributed by atoms with van der Waals surface area (Å²) in [7, 11) is 0. The zero-order chi connectivity index (χ0) is 27.2. The van der Waals surface area contributed by atoms with E-state index in [-0.39, 0.29) is 17.5 Å².